The average Bonchev–Trinajstić information content (AvgIpc) is 3.16. The molecular weight excluding hydrogens is 752 g/mol. The van der Waals surface area contributed by atoms with E-state index in [0.717, 1.165) is 0 Å². The normalized spacial score (nSPS) is 11.1. The molecule has 0 saturated carbocycles. The van der Waals surface area contributed by atoms with Crippen molar-refractivity contribution in [3.8, 4) is 11.5 Å². The molecule has 0 heterocycles. The number of phenols is 2. The summed E-state index contributed by atoms with van der Waals surface area (Å²) in [6, 6.07) is 21.3. The number of carboxylic acids is 4. The fourth-order valence-corrected chi connectivity index (χ4v) is 3.65. The summed E-state index contributed by atoms with van der Waals surface area (Å²) in [7, 11) is 0. The highest BCUT2D eigenvalue weighted by molar-refractivity contribution is 5.92. The predicted octanol–water partition coefficient (Wildman–Crippen LogP) is 10.9. The molecule has 0 aliphatic carbocycles. The van der Waals surface area contributed by atoms with Gasteiger partial charge in [-0.05, 0) is 128 Å². The molecule has 4 rings (SSSR count). The Morgan fingerprint density at radius 2 is 0.672 bits per heavy atom. The number of aromatic hydroxyl groups is 2. The Morgan fingerprint density at radius 3 is 0.914 bits per heavy atom. The summed E-state index contributed by atoms with van der Waals surface area (Å²) in [6.07, 6.45) is 0. The van der Waals surface area contributed by atoms with Gasteiger partial charge in [-0.25, -0.2) is 19.2 Å². The molecule has 0 atom stereocenters. The van der Waals surface area contributed by atoms with Crippen molar-refractivity contribution >= 4 is 46.6 Å². The first-order valence-corrected chi connectivity index (χ1v) is 17.6. The lowest BCUT2D eigenvalue weighted by Gasteiger charge is -2.00. The van der Waals surface area contributed by atoms with Gasteiger partial charge in [-0.3, -0.25) is 0 Å². The number of azo groups is 4. The summed E-state index contributed by atoms with van der Waals surface area (Å²) >= 11 is 0. The molecule has 0 fully saturated rings. The fraction of sp³-hybridized carbons (Fsp3) is 0.300. The largest absolute Gasteiger partial charge is 0.507 e. The van der Waals surface area contributed by atoms with Gasteiger partial charge in [0.2, 0.25) is 0 Å². The Morgan fingerprint density at radius 1 is 0.397 bits per heavy atom. The van der Waals surface area contributed by atoms with Gasteiger partial charge >= 0.3 is 23.9 Å². The van der Waals surface area contributed by atoms with Crippen LogP contribution in [0.25, 0.3) is 0 Å². The van der Waals surface area contributed by atoms with Crippen LogP contribution >= 0.6 is 0 Å². The van der Waals surface area contributed by atoms with Gasteiger partial charge in [0.05, 0.1) is 58.0 Å². The van der Waals surface area contributed by atoms with Gasteiger partial charge in [0, 0.05) is 0 Å². The lowest BCUT2D eigenvalue weighted by molar-refractivity contribution is 0.0682. The molecule has 58 heavy (non-hydrogen) atoms. The van der Waals surface area contributed by atoms with E-state index in [0.29, 0.717) is 22.7 Å². The van der Waals surface area contributed by atoms with Gasteiger partial charge in [-0.15, -0.1) is 0 Å². The second kappa shape index (κ2) is 25.0. The SMILES string of the molecule is CC(C)N=Nc1ccc(O)c(C(=O)O)c1.CC(C)N=Nc1ccc(O)c(C(=O)O)c1.CC(C)N=Nc1cccc(C(=O)O)c1.CC(C)N=Nc1cccc(C(=O)O)c1. The Hall–Kier alpha value is -7.24. The molecule has 0 aromatic heterocycles. The maximum atomic E-state index is 10.7. The molecule has 4 aromatic rings. The summed E-state index contributed by atoms with van der Waals surface area (Å²) in [5.41, 5.74) is 2.08. The van der Waals surface area contributed by atoms with E-state index in [4.69, 9.17) is 20.4 Å². The number of carboxylic acid groups (broad SMARTS) is 4. The van der Waals surface area contributed by atoms with E-state index in [2.05, 4.69) is 40.9 Å². The van der Waals surface area contributed by atoms with E-state index < -0.39 is 23.9 Å². The van der Waals surface area contributed by atoms with Crippen molar-refractivity contribution in [1.29, 1.82) is 0 Å². The standard InChI is InChI=1S/2C10H12N2O3.2C10H12N2O2/c2*1-6(2)11-12-7-3-4-9(13)8(5-7)10(14)15;2*1-7(2)11-12-9-5-3-4-8(6-9)10(13)14/h2*3-6,13H,1-2H3,(H,14,15);2*3-7H,1-2H3,(H,13,14). The minimum atomic E-state index is -1.19. The third-order valence-corrected chi connectivity index (χ3v) is 6.22. The quantitative estimate of drug-likeness (QED) is 0.0736. The molecule has 6 N–H and O–H groups in total. The molecule has 18 heteroatoms. The van der Waals surface area contributed by atoms with Gasteiger partial charge in [0.1, 0.15) is 22.6 Å². The summed E-state index contributed by atoms with van der Waals surface area (Å²) in [4.78, 5) is 42.6. The minimum Gasteiger partial charge on any atom is -0.507 e. The van der Waals surface area contributed by atoms with Gasteiger partial charge < -0.3 is 30.6 Å². The molecule has 4 aromatic carbocycles. The van der Waals surface area contributed by atoms with Gasteiger partial charge in [-0.2, -0.15) is 40.9 Å². The monoisotopic (exact) mass is 800 g/mol. The number of rotatable bonds is 12. The zero-order chi connectivity index (χ0) is 43.9. The number of hydrogen-bond acceptors (Lipinski definition) is 14. The molecule has 308 valence electrons. The Bertz CT molecular complexity index is 1960. The van der Waals surface area contributed by atoms with Crippen molar-refractivity contribution < 1.29 is 49.8 Å². The zero-order valence-corrected chi connectivity index (χ0v) is 33.3. The molecule has 0 saturated heterocycles. The highest BCUT2D eigenvalue weighted by Gasteiger charge is 2.11. The van der Waals surface area contributed by atoms with Crippen molar-refractivity contribution in [3.05, 3.63) is 107 Å². The van der Waals surface area contributed by atoms with Crippen molar-refractivity contribution in [2.45, 2.75) is 79.6 Å². The van der Waals surface area contributed by atoms with Crippen molar-refractivity contribution in [1.82, 2.24) is 0 Å². The first-order valence-electron chi connectivity index (χ1n) is 17.6. The van der Waals surface area contributed by atoms with Crippen LogP contribution in [0.3, 0.4) is 0 Å². The molecule has 0 bridgehead atoms. The first-order chi connectivity index (χ1) is 27.2. The molecular formula is C40H48N8O10. The number of carbonyl (C=O) groups is 4. The maximum Gasteiger partial charge on any atom is 0.339 e. The lowest BCUT2D eigenvalue weighted by atomic mass is 10.2. The fourth-order valence-electron chi connectivity index (χ4n) is 3.65. The van der Waals surface area contributed by atoms with Crippen LogP contribution in [0.4, 0.5) is 22.7 Å². The molecule has 0 spiro atoms. The van der Waals surface area contributed by atoms with E-state index in [1.807, 2.05) is 55.4 Å². The van der Waals surface area contributed by atoms with Crippen molar-refractivity contribution in [2.75, 3.05) is 0 Å². The Labute approximate surface area is 335 Å². The summed E-state index contributed by atoms with van der Waals surface area (Å²) < 4.78 is 0. The van der Waals surface area contributed by atoms with Crippen molar-refractivity contribution in [3.63, 3.8) is 0 Å². The predicted molar refractivity (Wildman–Crippen MR) is 216 cm³/mol. The molecule has 0 amide bonds. The summed E-state index contributed by atoms with van der Waals surface area (Å²) in [5, 5.41) is 84.5. The van der Waals surface area contributed by atoms with Gasteiger partial charge in [0.15, 0.2) is 0 Å². The average molecular weight is 801 g/mol. The van der Waals surface area contributed by atoms with Crippen LogP contribution in [0.2, 0.25) is 0 Å². The van der Waals surface area contributed by atoms with Crippen LogP contribution in [0.15, 0.2) is 126 Å². The number of hydrogen-bond donors (Lipinski definition) is 6. The van der Waals surface area contributed by atoms with Crippen LogP contribution in [0.5, 0.6) is 11.5 Å². The highest BCUT2D eigenvalue weighted by atomic mass is 16.4. The molecule has 0 aliphatic heterocycles. The second-order valence-corrected chi connectivity index (χ2v) is 13.0. The van der Waals surface area contributed by atoms with E-state index in [1.54, 1.807) is 24.3 Å². The molecule has 0 radical (unpaired) electrons. The molecule has 0 aliphatic rings. The molecule has 18 nitrogen and oxygen atoms in total. The highest BCUT2D eigenvalue weighted by Crippen LogP contribution is 2.25. The Kier molecular flexibility index (Phi) is 21.0. The summed E-state index contributed by atoms with van der Waals surface area (Å²) in [5.74, 6) is -4.82. The molecule has 0 unspecified atom stereocenters. The van der Waals surface area contributed by atoms with Crippen LogP contribution in [0, 0.1) is 0 Å². The maximum absolute atomic E-state index is 10.7. The lowest BCUT2D eigenvalue weighted by Crippen LogP contribution is -1.95. The van der Waals surface area contributed by atoms with Crippen LogP contribution in [-0.4, -0.2) is 78.7 Å². The van der Waals surface area contributed by atoms with Crippen LogP contribution in [0.1, 0.15) is 96.8 Å². The topological polar surface area (TPSA) is 289 Å². The van der Waals surface area contributed by atoms with Crippen LogP contribution in [-0.2, 0) is 0 Å². The van der Waals surface area contributed by atoms with E-state index in [-0.39, 0.29) is 57.9 Å². The number of nitrogens with zero attached hydrogens (tertiary/aromatic N) is 8. The van der Waals surface area contributed by atoms with Gasteiger partial charge in [-0.1, -0.05) is 12.1 Å². The summed E-state index contributed by atoms with van der Waals surface area (Å²) in [6.45, 7) is 15.1. The number of benzene rings is 4. The van der Waals surface area contributed by atoms with Gasteiger partial charge in [0.25, 0.3) is 0 Å². The minimum absolute atomic E-state index is 0.0482. The van der Waals surface area contributed by atoms with E-state index in [9.17, 15) is 29.4 Å². The zero-order valence-electron chi connectivity index (χ0n) is 33.3. The van der Waals surface area contributed by atoms with E-state index in [1.165, 1.54) is 60.7 Å². The Balaban J connectivity index is 0.000000387. The first kappa shape index (κ1) is 48.8. The second-order valence-electron chi connectivity index (χ2n) is 13.0. The third kappa shape index (κ3) is 19.9. The van der Waals surface area contributed by atoms with Crippen LogP contribution < -0.4 is 0 Å². The smallest absolute Gasteiger partial charge is 0.339 e. The van der Waals surface area contributed by atoms with E-state index >= 15 is 0 Å². The van der Waals surface area contributed by atoms with Crippen molar-refractivity contribution in [2.24, 2.45) is 40.9 Å². The number of aromatic carboxylic acids is 4. The third-order valence-electron chi connectivity index (χ3n) is 6.22.